The van der Waals surface area contributed by atoms with Crippen molar-refractivity contribution in [3.05, 3.63) is 30.5 Å². The molecule has 0 fully saturated rings. The molecular weight excluding hydrogens is 310 g/mol. The molecule has 1 aromatic carbocycles. The fourth-order valence-electron chi connectivity index (χ4n) is 3.13. The minimum atomic E-state index is 0.624. The van der Waals surface area contributed by atoms with Gasteiger partial charge in [0.05, 0.1) is 18.3 Å². The van der Waals surface area contributed by atoms with Crippen molar-refractivity contribution in [3.63, 3.8) is 0 Å². The summed E-state index contributed by atoms with van der Waals surface area (Å²) in [6.07, 6.45) is 6.90. The van der Waals surface area contributed by atoms with Crippen LogP contribution in [0, 0.1) is 0 Å². The standard InChI is InChI=1S/C21H33N3O/c1-5-7-8-13-24(17(3)6-2)14-12-22-20-16-19(25-4)15-18-10-9-11-23-21(18)20/h9-11,15-17,22H,5-8,12-14H2,1-4H3/t17-/m1/s1. The van der Waals surface area contributed by atoms with Crippen LogP contribution < -0.4 is 10.1 Å². The van der Waals surface area contributed by atoms with Gasteiger partial charge in [-0.15, -0.1) is 0 Å². The molecule has 138 valence electrons. The molecule has 1 atom stereocenters. The maximum absolute atomic E-state index is 5.43. The Labute approximate surface area is 152 Å². The fourth-order valence-corrected chi connectivity index (χ4v) is 3.13. The second-order valence-corrected chi connectivity index (χ2v) is 6.68. The van der Waals surface area contributed by atoms with Crippen LogP contribution >= 0.6 is 0 Å². The van der Waals surface area contributed by atoms with Crippen molar-refractivity contribution in [2.75, 3.05) is 32.1 Å². The van der Waals surface area contributed by atoms with Gasteiger partial charge in [-0.25, -0.2) is 0 Å². The third-order valence-corrected chi connectivity index (χ3v) is 4.89. The number of hydrogen-bond acceptors (Lipinski definition) is 4. The average molecular weight is 344 g/mol. The van der Waals surface area contributed by atoms with E-state index < -0.39 is 0 Å². The van der Waals surface area contributed by atoms with Crippen LogP contribution in [0.15, 0.2) is 30.5 Å². The van der Waals surface area contributed by atoms with Gasteiger partial charge in [0.15, 0.2) is 0 Å². The molecule has 0 spiro atoms. The summed E-state index contributed by atoms with van der Waals surface area (Å²) in [5.74, 6) is 0.865. The Kier molecular flexibility index (Phi) is 7.99. The maximum atomic E-state index is 5.43. The molecule has 4 heteroatoms. The van der Waals surface area contributed by atoms with E-state index in [1.165, 1.54) is 32.2 Å². The number of aromatic nitrogens is 1. The van der Waals surface area contributed by atoms with E-state index in [9.17, 15) is 0 Å². The molecule has 0 aliphatic heterocycles. The predicted octanol–water partition coefficient (Wildman–Crippen LogP) is 4.95. The molecule has 0 aliphatic carbocycles. The highest BCUT2D eigenvalue weighted by molar-refractivity contribution is 5.91. The van der Waals surface area contributed by atoms with E-state index in [2.05, 4.69) is 42.0 Å². The number of nitrogens with one attached hydrogen (secondary N) is 1. The molecule has 0 aliphatic rings. The van der Waals surface area contributed by atoms with Gasteiger partial charge in [0.1, 0.15) is 5.75 Å². The zero-order chi connectivity index (χ0) is 18.1. The van der Waals surface area contributed by atoms with Gasteiger partial charge in [-0.3, -0.25) is 9.88 Å². The molecule has 1 N–H and O–H groups in total. The van der Waals surface area contributed by atoms with Gasteiger partial charge in [0, 0.05) is 36.8 Å². The second-order valence-electron chi connectivity index (χ2n) is 6.68. The van der Waals surface area contributed by atoms with E-state index in [1.54, 1.807) is 7.11 Å². The Balaban J connectivity index is 2.02. The number of nitrogens with zero attached hydrogens (tertiary/aromatic N) is 2. The minimum Gasteiger partial charge on any atom is -0.497 e. The zero-order valence-electron chi connectivity index (χ0n) is 16.2. The highest BCUT2D eigenvalue weighted by Crippen LogP contribution is 2.27. The summed E-state index contributed by atoms with van der Waals surface area (Å²) in [7, 11) is 1.71. The second kappa shape index (κ2) is 10.2. The van der Waals surface area contributed by atoms with Crippen LogP contribution in [-0.2, 0) is 0 Å². The summed E-state index contributed by atoms with van der Waals surface area (Å²) in [4.78, 5) is 7.13. The Hall–Kier alpha value is -1.81. The van der Waals surface area contributed by atoms with E-state index in [0.29, 0.717) is 6.04 Å². The Morgan fingerprint density at radius 2 is 2.04 bits per heavy atom. The number of rotatable bonds is 11. The molecular formula is C21H33N3O. The van der Waals surface area contributed by atoms with E-state index in [4.69, 9.17) is 4.74 Å². The summed E-state index contributed by atoms with van der Waals surface area (Å²) < 4.78 is 5.43. The number of benzene rings is 1. The summed E-state index contributed by atoms with van der Waals surface area (Å²) in [5.41, 5.74) is 2.05. The number of pyridine rings is 1. The summed E-state index contributed by atoms with van der Waals surface area (Å²) >= 11 is 0. The quantitative estimate of drug-likeness (QED) is 0.586. The minimum absolute atomic E-state index is 0.624. The highest BCUT2D eigenvalue weighted by atomic mass is 16.5. The fraction of sp³-hybridized carbons (Fsp3) is 0.571. The molecule has 0 saturated carbocycles. The first-order valence-electron chi connectivity index (χ1n) is 9.60. The van der Waals surface area contributed by atoms with Crippen molar-refractivity contribution < 1.29 is 4.74 Å². The van der Waals surface area contributed by atoms with Gasteiger partial charge >= 0.3 is 0 Å². The molecule has 25 heavy (non-hydrogen) atoms. The normalized spacial score (nSPS) is 12.5. The van der Waals surface area contributed by atoms with Gasteiger partial charge in [-0.05, 0) is 38.4 Å². The summed E-state index contributed by atoms with van der Waals surface area (Å²) in [6.45, 7) is 10.00. The lowest BCUT2D eigenvalue weighted by Gasteiger charge is -2.28. The molecule has 0 radical (unpaired) electrons. The van der Waals surface area contributed by atoms with E-state index >= 15 is 0 Å². The lowest BCUT2D eigenvalue weighted by Crippen LogP contribution is -2.37. The van der Waals surface area contributed by atoms with Crippen molar-refractivity contribution >= 4 is 16.6 Å². The third-order valence-electron chi connectivity index (χ3n) is 4.89. The van der Waals surface area contributed by atoms with E-state index in [0.717, 1.165) is 35.4 Å². The first kappa shape index (κ1) is 19.5. The van der Waals surface area contributed by atoms with Crippen molar-refractivity contribution in [1.82, 2.24) is 9.88 Å². The summed E-state index contributed by atoms with van der Waals surface area (Å²) in [5, 5.41) is 4.68. The first-order chi connectivity index (χ1) is 12.2. The lowest BCUT2D eigenvalue weighted by molar-refractivity contribution is 0.207. The van der Waals surface area contributed by atoms with Crippen LogP contribution in [0.2, 0.25) is 0 Å². The number of methoxy groups -OCH3 is 1. The number of unbranched alkanes of at least 4 members (excludes halogenated alkanes) is 2. The van der Waals surface area contributed by atoms with Crippen LogP contribution in [0.25, 0.3) is 10.9 Å². The molecule has 0 bridgehead atoms. The average Bonchev–Trinajstić information content (AvgIpc) is 2.65. The molecule has 1 heterocycles. The van der Waals surface area contributed by atoms with E-state index in [-0.39, 0.29) is 0 Å². The SMILES string of the molecule is CCCCCN(CCNc1cc(OC)cc2cccnc12)[C@H](C)CC. The molecule has 2 rings (SSSR count). The number of hydrogen-bond donors (Lipinski definition) is 1. The van der Waals surface area contributed by atoms with Gasteiger partial charge in [-0.2, -0.15) is 0 Å². The predicted molar refractivity (Wildman–Crippen MR) is 108 cm³/mol. The molecule has 1 aromatic heterocycles. The summed E-state index contributed by atoms with van der Waals surface area (Å²) in [6, 6.07) is 8.73. The van der Waals surface area contributed by atoms with Crippen molar-refractivity contribution in [3.8, 4) is 5.75 Å². The van der Waals surface area contributed by atoms with Gasteiger partial charge < -0.3 is 10.1 Å². The van der Waals surface area contributed by atoms with Crippen molar-refractivity contribution in [1.29, 1.82) is 0 Å². The zero-order valence-corrected chi connectivity index (χ0v) is 16.2. The van der Waals surface area contributed by atoms with Gasteiger partial charge in [-0.1, -0.05) is 32.8 Å². The van der Waals surface area contributed by atoms with Gasteiger partial charge in [0.2, 0.25) is 0 Å². The Morgan fingerprint density at radius 1 is 1.20 bits per heavy atom. The Morgan fingerprint density at radius 3 is 2.76 bits per heavy atom. The molecule has 4 nitrogen and oxygen atoms in total. The van der Waals surface area contributed by atoms with Crippen LogP contribution in [0.4, 0.5) is 5.69 Å². The monoisotopic (exact) mass is 343 g/mol. The number of ether oxygens (including phenoxy) is 1. The van der Waals surface area contributed by atoms with Crippen LogP contribution in [0.5, 0.6) is 5.75 Å². The van der Waals surface area contributed by atoms with Crippen molar-refractivity contribution in [2.45, 2.75) is 52.5 Å². The van der Waals surface area contributed by atoms with Crippen LogP contribution in [0.1, 0.15) is 46.5 Å². The van der Waals surface area contributed by atoms with Crippen molar-refractivity contribution in [2.24, 2.45) is 0 Å². The highest BCUT2D eigenvalue weighted by Gasteiger charge is 2.12. The molecule has 0 unspecified atom stereocenters. The van der Waals surface area contributed by atoms with Gasteiger partial charge in [0.25, 0.3) is 0 Å². The van der Waals surface area contributed by atoms with Crippen LogP contribution in [0.3, 0.4) is 0 Å². The lowest BCUT2D eigenvalue weighted by atomic mass is 10.1. The first-order valence-corrected chi connectivity index (χ1v) is 9.60. The maximum Gasteiger partial charge on any atom is 0.121 e. The van der Waals surface area contributed by atoms with E-state index in [1.807, 2.05) is 24.4 Å². The Bertz CT molecular complexity index is 644. The largest absolute Gasteiger partial charge is 0.497 e. The smallest absolute Gasteiger partial charge is 0.121 e. The molecule has 2 aromatic rings. The number of anilines is 1. The van der Waals surface area contributed by atoms with Crippen LogP contribution in [-0.4, -0.2) is 42.7 Å². The molecule has 0 amide bonds. The third kappa shape index (κ3) is 5.60. The molecule has 0 saturated heterocycles. The number of fused-ring (bicyclic) bond motifs is 1. The topological polar surface area (TPSA) is 37.4 Å².